The molecule has 1 aliphatic rings. The van der Waals surface area contributed by atoms with E-state index in [0.717, 1.165) is 5.56 Å². The summed E-state index contributed by atoms with van der Waals surface area (Å²) in [5, 5.41) is 15.5. The Bertz CT molecular complexity index is 857. The summed E-state index contributed by atoms with van der Waals surface area (Å²) < 4.78 is 5.83. The fourth-order valence-corrected chi connectivity index (χ4v) is 3.35. The average Bonchev–Trinajstić information content (AvgIpc) is 2.76. The molecular weight excluding hydrogens is 382 g/mol. The van der Waals surface area contributed by atoms with Crippen LogP contribution in [0.1, 0.15) is 30.6 Å². The van der Waals surface area contributed by atoms with Gasteiger partial charge < -0.3 is 20.5 Å². The van der Waals surface area contributed by atoms with Crippen LogP contribution >= 0.6 is 0 Å². The molecular formula is C23H27N3O4. The van der Waals surface area contributed by atoms with Crippen molar-refractivity contribution in [3.63, 3.8) is 0 Å². The quantitative estimate of drug-likeness (QED) is 0.576. The minimum atomic E-state index is -0.618. The highest BCUT2D eigenvalue weighted by atomic mass is 16.5. The van der Waals surface area contributed by atoms with Gasteiger partial charge in [0.1, 0.15) is 6.10 Å². The number of carbonyl (C=O) groups is 2. The standard InChI is InChI=1S/C23H27N3O4/c1-16(17-7-3-2-4-8-17)25-23(29)14-19-10-11-20(21(15-27)30-19)26-22(28)13-18-9-5-6-12-24-18/h2-12,16,19-21,27H,13-15H2,1H3,(H,25,29)(H,26,28)/t16-,19-,20+,21-/m0/s1. The maximum atomic E-state index is 12.4. The average molecular weight is 409 g/mol. The fourth-order valence-electron chi connectivity index (χ4n) is 3.35. The number of carbonyl (C=O) groups excluding carboxylic acids is 2. The molecule has 0 spiro atoms. The summed E-state index contributed by atoms with van der Waals surface area (Å²) in [7, 11) is 0. The molecule has 1 aromatic carbocycles. The zero-order valence-electron chi connectivity index (χ0n) is 16.9. The number of rotatable bonds is 8. The number of amides is 2. The van der Waals surface area contributed by atoms with Gasteiger partial charge in [0.15, 0.2) is 0 Å². The second kappa shape index (κ2) is 10.7. The number of pyridine rings is 1. The number of aliphatic hydroxyl groups excluding tert-OH is 1. The topological polar surface area (TPSA) is 101 Å². The highest BCUT2D eigenvalue weighted by molar-refractivity contribution is 5.79. The molecule has 4 atom stereocenters. The zero-order chi connectivity index (χ0) is 21.3. The molecule has 0 aliphatic carbocycles. The zero-order valence-corrected chi connectivity index (χ0v) is 16.9. The normalized spacial score (nSPS) is 21.6. The Kier molecular flexibility index (Phi) is 7.70. The number of nitrogens with zero attached hydrogens (tertiary/aromatic N) is 1. The Morgan fingerprint density at radius 2 is 1.87 bits per heavy atom. The molecule has 1 aromatic heterocycles. The van der Waals surface area contributed by atoms with Crippen molar-refractivity contribution in [1.29, 1.82) is 0 Å². The molecule has 0 saturated heterocycles. The van der Waals surface area contributed by atoms with Gasteiger partial charge in [0.2, 0.25) is 11.8 Å². The van der Waals surface area contributed by atoms with Crippen LogP contribution in [-0.4, -0.2) is 46.8 Å². The predicted molar refractivity (Wildman–Crippen MR) is 112 cm³/mol. The molecule has 0 saturated carbocycles. The Morgan fingerprint density at radius 3 is 2.57 bits per heavy atom. The Morgan fingerprint density at radius 1 is 1.10 bits per heavy atom. The minimum absolute atomic E-state index is 0.112. The largest absolute Gasteiger partial charge is 0.394 e. The highest BCUT2D eigenvalue weighted by Gasteiger charge is 2.29. The lowest BCUT2D eigenvalue weighted by Crippen LogP contribution is -2.49. The number of hydrogen-bond donors (Lipinski definition) is 3. The van der Waals surface area contributed by atoms with Gasteiger partial charge in [-0.15, -0.1) is 0 Å². The van der Waals surface area contributed by atoms with Gasteiger partial charge in [0.25, 0.3) is 0 Å². The van der Waals surface area contributed by atoms with Gasteiger partial charge in [-0.1, -0.05) is 48.6 Å². The Hall–Kier alpha value is -3.03. The van der Waals surface area contributed by atoms with E-state index in [0.29, 0.717) is 5.69 Å². The number of benzene rings is 1. The van der Waals surface area contributed by atoms with Crippen LogP contribution in [-0.2, 0) is 20.7 Å². The molecule has 30 heavy (non-hydrogen) atoms. The number of hydrogen-bond acceptors (Lipinski definition) is 5. The van der Waals surface area contributed by atoms with Gasteiger partial charge in [0, 0.05) is 11.9 Å². The van der Waals surface area contributed by atoms with Crippen molar-refractivity contribution in [1.82, 2.24) is 15.6 Å². The first-order chi connectivity index (χ1) is 14.5. The first kappa shape index (κ1) is 21.7. The Labute approximate surface area is 176 Å². The van der Waals surface area contributed by atoms with Crippen LogP contribution in [0.5, 0.6) is 0 Å². The SMILES string of the molecule is C[C@H](NC(=O)C[C@@H]1C=C[C@@H](NC(=O)Cc2ccccn2)[C@H](CO)O1)c1ccccc1. The lowest BCUT2D eigenvalue weighted by atomic mass is 10.0. The van der Waals surface area contributed by atoms with E-state index >= 15 is 0 Å². The molecule has 3 rings (SSSR count). The maximum absolute atomic E-state index is 12.4. The second-order valence-electron chi connectivity index (χ2n) is 7.28. The molecule has 3 N–H and O–H groups in total. The molecule has 1 aliphatic heterocycles. The third-order valence-electron chi connectivity index (χ3n) is 4.92. The van der Waals surface area contributed by atoms with Crippen LogP contribution in [0.2, 0.25) is 0 Å². The van der Waals surface area contributed by atoms with E-state index in [-0.39, 0.29) is 37.3 Å². The highest BCUT2D eigenvalue weighted by Crippen LogP contribution is 2.17. The first-order valence-corrected chi connectivity index (χ1v) is 10.0. The van der Waals surface area contributed by atoms with E-state index in [1.54, 1.807) is 30.5 Å². The summed E-state index contributed by atoms with van der Waals surface area (Å²) >= 11 is 0. The molecule has 158 valence electrons. The van der Waals surface area contributed by atoms with E-state index in [1.807, 2.05) is 43.3 Å². The third kappa shape index (κ3) is 6.23. The molecule has 0 bridgehead atoms. The molecule has 7 heteroatoms. The summed E-state index contributed by atoms with van der Waals surface area (Å²) in [6.07, 6.45) is 4.37. The lowest BCUT2D eigenvalue weighted by Gasteiger charge is -2.31. The van der Waals surface area contributed by atoms with Crippen molar-refractivity contribution in [2.75, 3.05) is 6.61 Å². The fraction of sp³-hybridized carbons (Fsp3) is 0.348. The van der Waals surface area contributed by atoms with Crippen LogP contribution in [0, 0.1) is 0 Å². The molecule has 0 fully saturated rings. The van der Waals surface area contributed by atoms with E-state index in [1.165, 1.54) is 0 Å². The van der Waals surface area contributed by atoms with Crippen molar-refractivity contribution in [2.24, 2.45) is 0 Å². The second-order valence-corrected chi connectivity index (χ2v) is 7.28. The van der Waals surface area contributed by atoms with Gasteiger partial charge in [0.05, 0.1) is 37.6 Å². The maximum Gasteiger partial charge on any atom is 0.226 e. The molecule has 0 radical (unpaired) electrons. The van der Waals surface area contributed by atoms with Gasteiger partial charge in [-0.25, -0.2) is 0 Å². The lowest BCUT2D eigenvalue weighted by molar-refractivity contribution is -0.128. The van der Waals surface area contributed by atoms with Crippen LogP contribution in [0.4, 0.5) is 0 Å². The van der Waals surface area contributed by atoms with E-state index in [4.69, 9.17) is 4.74 Å². The van der Waals surface area contributed by atoms with Crippen LogP contribution < -0.4 is 10.6 Å². The molecule has 2 amide bonds. The Balaban J connectivity index is 1.51. The van der Waals surface area contributed by atoms with Crippen molar-refractivity contribution >= 4 is 11.8 Å². The van der Waals surface area contributed by atoms with Crippen LogP contribution in [0.3, 0.4) is 0 Å². The van der Waals surface area contributed by atoms with E-state index < -0.39 is 18.2 Å². The van der Waals surface area contributed by atoms with Crippen LogP contribution in [0.25, 0.3) is 0 Å². The summed E-state index contributed by atoms with van der Waals surface area (Å²) in [5.41, 5.74) is 1.69. The minimum Gasteiger partial charge on any atom is -0.394 e. The van der Waals surface area contributed by atoms with Gasteiger partial charge in [-0.2, -0.15) is 0 Å². The first-order valence-electron chi connectivity index (χ1n) is 10.0. The third-order valence-corrected chi connectivity index (χ3v) is 4.92. The molecule has 0 unspecified atom stereocenters. The van der Waals surface area contributed by atoms with Crippen LogP contribution in [0.15, 0.2) is 66.9 Å². The van der Waals surface area contributed by atoms with Gasteiger partial charge in [-0.3, -0.25) is 14.6 Å². The van der Waals surface area contributed by atoms with E-state index in [2.05, 4.69) is 15.6 Å². The van der Waals surface area contributed by atoms with Crippen molar-refractivity contribution in [3.8, 4) is 0 Å². The summed E-state index contributed by atoms with van der Waals surface area (Å²) in [6.45, 7) is 1.66. The summed E-state index contributed by atoms with van der Waals surface area (Å²) in [4.78, 5) is 28.8. The monoisotopic (exact) mass is 409 g/mol. The predicted octanol–water partition coefficient (Wildman–Crippen LogP) is 1.69. The van der Waals surface area contributed by atoms with E-state index in [9.17, 15) is 14.7 Å². The van der Waals surface area contributed by atoms with Gasteiger partial charge in [-0.05, 0) is 24.6 Å². The molecule has 2 aromatic rings. The summed E-state index contributed by atoms with van der Waals surface area (Å²) in [5.74, 6) is -0.353. The summed E-state index contributed by atoms with van der Waals surface area (Å²) in [6, 6.07) is 14.5. The smallest absolute Gasteiger partial charge is 0.226 e. The molecule has 2 heterocycles. The van der Waals surface area contributed by atoms with Crippen molar-refractivity contribution in [2.45, 2.75) is 44.1 Å². The van der Waals surface area contributed by atoms with Gasteiger partial charge >= 0.3 is 0 Å². The van der Waals surface area contributed by atoms with Crippen molar-refractivity contribution < 1.29 is 19.4 Å². The number of ether oxygens (including phenoxy) is 1. The number of aromatic nitrogens is 1. The number of aliphatic hydroxyl groups is 1. The van der Waals surface area contributed by atoms with Crippen molar-refractivity contribution in [3.05, 3.63) is 78.1 Å². The molecule has 7 nitrogen and oxygen atoms in total. The number of nitrogens with one attached hydrogen (secondary N) is 2.